The molecule has 31 heavy (non-hydrogen) atoms. The van der Waals surface area contributed by atoms with Crippen LogP contribution in [0.2, 0.25) is 0 Å². The van der Waals surface area contributed by atoms with Gasteiger partial charge < -0.3 is 10.2 Å². The molecule has 1 aromatic rings. The Morgan fingerprint density at radius 2 is 1.81 bits per heavy atom. The van der Waals surface area contributed by atoms with E-state index in [1.54, 1.807) is 0 Å². The van der Waals surface area contributed by atoms with Crippen molar-refractivity contribution in [2.24, 2.45) is 5.92 Å². The molecule has 0 saturated carbocycles. The Bertz CT molecular complexity index is 830. The molecule has 0 atom stereocenters. The van der Waals surface area contributed by atoms with Crippen LogP contribution in [0.4, 0.5) is 13.2 Å². The third-order valence-corrected chi connectivity index (χ3v) is 5.79. The van der Waals surface area contributed by atoms with Crippen molar-refractivity contribution in [3.63, 3.8) is 0 Å². The van der Waals surface area contributed by atoms with Crippen LogP contribution in [0.25, 0.3) is 0 Å². The van der Waals surface area contributed by atoms with Gasteiger partial charge in [-0.25, -0.2) is 0 Å². The van der Waals surface area contributed by atoms with Crippen molar-refractivity contribution in [1.29, 1.82) is 0 Å². The molecule has 0 bridgehead atoms. The molecule has 2 fully saturated rings. The third kappa shape index (κ3) is 7.28. The van der Waals surface area contributed by atoms with Crippen molar-refractivity contribution in [3.05, 3.63) is 35.4 Å². The molecule has 2 aliphatic rings. The monoisotopic (exact) mass is 435 g/mol. The van der Waals surface area contributed by atoms with Gasteiger partial charge in [-0.05, 0) is 62.9 Å². The number of amides is 2. The molecule has 168 valence electrons. The highest BCUT2D eigenvalue weighted by molar-refractivity contribution is 5.78. The Hall–Kier alpha value is -2.53. The molecule has 0 unspecified atom stereocenters. The van der Waals surface area contributed by atoms with Crippen LogP contribution in [0.1, 0.15) is 43.2 Å². The van der Waals surface area contributed by atoms with Gasteiger partial charge in [0.15, 0.2) is 0 Å². The second-order valence-corrected chi connectivity index (χ2v) is 8.17. The molecule has 0 aliphatic carbocycles. The summed E-state index contributed by atoms with van der Waals surface area (Å²) < 4.78 is 38.1. The van der Waals surface area contributed by atoms with E-state index in [0.29, 0.717) is 12.3 Å². The van der Waals surface area contributed by atoms with Gasteiger partial charge in [0.25, 0.3) is 0 Å². The largest absolute Gasteiger partial charge is 0.416 e. The minimum Gasteiger partial charge on any atom is -0.344 e. The number of nitrogens with one attached hydrogen (secondary N) is 1. The zero-order valence-electron chi connectivity index (χ0n) is 17.5. The fourth-order valence-electron chi connectivity index (χ4n) is 4.01. The summed E-state index contributed by atoms with van der Waals surface area (Å²) in [5.41, 5.74) is -0.483. The maximum absolute atomic E-state index is 12.7. The summed E-state index contributed by atoms with van der Waals surface area (Å²) in [5, 5.41) is 2.69. The van der Waals surface area contributed by atoms with Crippen molar-refractivity contribution in [3.8, 4) is 11.8 Å². The van der Waals surface area contributed by atoms with Gasteiger partial charge in [-0.15, -0.1) is 0 Å². The summed E-state index contributed by atoms with van der Waals surface area (Å²) in [4.78, 5) is 28.4. The second-order valence-electron chi connectivity index (χ2n) is 8.17. The number of rotatable bonds is 5. The first-order valence-electron chi connectivity index (χ1n) is 10.7. The van der Waals surface area contributed by atoms with Gasteiger partial charge in [0.1, 0.15) is 0 Å². The van der Waals surface area contributed by atoms with Crippen molar-refractivity contribution in [2.45, 2.75) is 38.3 Å². The molecular weight excluding hydrogens is 407 g/mol. The minimum atomic E-state index is -4.40. The van der Waals surface area contributed by atoms with E-state index in [-0.39, 0.29) is 30.5 Å². The maximum atomic E-state index is 12.7. The summed E-state index contributed by atoms with van der Waals surface area (Å²) in [7, 11) is 0. The molecule has 3 rings (SSSR count). The normalized spacial score (nSPS) is 17.8. The number of piperidine rings is 1. The maximum Gasteiger partial charge on any atom is 0.416 e. The molecule has 2 heterocycles. The van der Waals surface area contributed by atoms with Crippen LogP contribution >= 0.6 is 0 Å². The van der Waals surface area contributed by atoms with Crippen molar-refractivity contribution >= 4 is 11.8 Å². The number of carbonyl (C=O) groups is 2. The van der Waals surface area contributed by atoms with Crippen molar-refractivity contribution in [1.82, 2.24) is 15.1 Å². The zero-order valence-corrected chi connectivity index (χ0v) is 17.5. The number of nitrogens with zero attached hydrogens (tertiary/aromatic N) is 2. The molecule has 0 aromatic heterocycles. The van der Waals surface area contributed by atoms with E-state index >= 15 is 0 Å². The first-order valence-corrected chi connectivity index (χ1v) is 10.7. The summed E-state index contributed by atoms with van der Waals surface area (Å²) in [6.07, 6.45) is 0.212. The SMILES string of the molecule is O=C(CN1CCC(CC(=O)N2CCCC2)CC1)NCC#Cc1cccc(C(F)(F)F)c1. The molecule has 2 aliphatic heterocycles. The van der Waals surface area contributed by atoms with Gasteiger partial charge >= 0.3 is 6.18 Å². The van der Waals surface area contributed by atoms with E-state index in [9.17, 15) is 22.8 Å². The molecule has 1 aromatic carbocycles. The first kappa shape index (κ1) is 23.1. The van der Waals surface area contributed by atoms with Gasteiger partial charge in [-0.1, -0.05) is 17.9 Å². The first-order chi connectivity index (χ1) is 14.8. The highest BCUT2D eigenvalue weighted by Crippen LogP contribution is 2.29. The van der Waals surface area contributed by atoms with E-state index in [2.05, 4.69) is 22.1 Å². The Labute approximate surface area is 181 Å². The molecule has 0 radical (unpaired) electrons. The number of likely N-dealkylation sites (tertiary alicyclic amines) is 2. The lowest BCUT2D eigenvalue weighted by Gasteiger charge is -2.31. The molecule has 2 amide bonds. The Balaban J connectivity index is 1.35. The molecule has 1 N–H and O–H groups in total. The van der Waals surface area contributed by atoms with Crippen LogP contribution in [-0.4, -0.2) is 60.9 Å². The Morgan fingerprint density at radius 3 is 2.48 bits per heavy atom. The van der Waals surface area contributed by atoms with Crippen LogP contribution in [0.3, 0.4) is 0 Å². The Kier molecular flexibility index (Phi) is 7.97. The van der Waals surface area contributed by atoms with Crippen molar-refractivity contribution in [2.75, 3.05) is 39.3 Å². The summed E-state index contributed by atoms with van der Waals surface area (Å²) in [6, 6.07) is 4.81. The Morgan fingerprint density at radius 1 is 1.10 bits per heavy atom. The average molecular weight is 435 g/mol. The van der Waals surface area contributed by atoms with Gasteiger partial charge in [0, 0.05) is 25.1 Å². The topological polar surface area (TPSA) is 52.7 Å². The lowest BCUT2D eigenvalue weighted by atomic mass is 9.93. The molecule has 2 saturated heterocycles. The van der Waals surface area contributed by atoms with E-state index in [1.807, 2.05) is 4.90 Å². The highest BCUT2D eigenvalue weighted by Gasteiger charge is 2.30. The minimum absolute atomic E-state index is 0.0792. The van der Waals surface area contributed by atoms with Crippen LogP contribution in [0.5, 0.6) is 0 Å². The summed E-state index contributed by atoms with van der Waals surface area (Å²) in [6.45, 7) is 3.67. The average Bonchev–Trinajstić information content (AvgIpc) is 3.27. The number of carbonyl (C=O) groups excluding carboxylic acids is 2. The number of benzene rings is 1. The van der Waals surface area contributed by atoms with Crippen molar-refractivity contribution < 1.29 is 22.8 Å². The standard InChI is InChI=1S/C23H28F3N3O2/c24-23(25,26)20-7-3-5-18(15-20)6-4-10-27-21(30)17-28-13-8-19(9-14-28)16-22(31)29-11-1-2-12-29/h3,5,7,15,19H,1-2,8-14,16-17H2,(H,27,30). The quantitative estimate of drug-likeness (QED) is 0.724. The number of halogens is 3. The number of hydrogen-bond acceptors (Lipinski definition) is 3. The van der Waals surface area contributed by atoms with E-state index in [0.717, 1.165) is 64.0 Å². The smallest absolute Gasteiger partial charge is 0.344 e. The highest BCUT2D eigenvalue weighted by atomic mass is 19.4. The lowest BCUT2D eigenvalue weighted by molar-refractivity contribution is -0.137. The molecule has 8 heteroatoms. The fourth-order valence-corrected chi connectivity index (χ4v) is 4.01. The summed E-state index contributed by atoms with van der Waals surface area (Å²) in [5.74, 6) is 5.82. The third-order valence-electron chi connectivity index (χ3n) is 5.79. The zero-order chi connectivity index (χ0) is 22.3. The van der Waals surface area contributed by atoms with Gasteiger partial charge in [0.05, 0.1) is 18.7 Å². The van der Waals surface area contributed by atoms with E-state index < -0.39 is 11.7 Å². The van der Waals surface area contributed by atoms with Gasteiger partial charge in [-0.3, -0.25) is 14.5 Å². The lowest BCUT2D eigenvalue weighted by Crippen LogP contribution is -2.42. The molecule has 5 nitrogen and oxygen atoms in total. The van der Waals surface area contributed by atoms with Crippen LogP contribution < -0.4 is 5.32 Å². The fraction of sp³-hybridized carbons (Fsp3) is 0.565. The molecule has 0 spiro atoms. The van der Waals surface area contributed by atoms with E-state index in [1.165, 1.54) is 12.1 Å². The number of alkyl halides is 3. The predicted molar refractivity (Wildman–Crippen MR) is 111 cm³/mol. The van der Waals surface area contributed by atoms with Crippen LogP contribution in [0, 0.1) is 17.8 Å². The molecular formula is C23H28F3N3O2. The number of hydrogen-bond donors (Lipinski definition) is 1. The van der Waals surface area contributed by atoms with Crippen LogP contribution in [0.15, 0.2) is 24.3 Å². The van der Waals surface area contributed by atoms with E-state index in [4.69, 9.17) is 0 Å². The second kappa shape index (κ2) is 10.7. The van der Waals surface area contributed by atoms with Gasteiger partial charge in [-0.2, -0.15) is 13.2 Å². The van der Waals surface area contributed by atoms with Gasteiger partial charge in [0.2, 0.25) is 11.8 Å². The van der Waals surface area contributed by atoms with Crippen LogP contribution in [-0.2, 0) is 15.8 Å². The predicted octanol–water partition coefficient (Wildman–Crippen LogP) is 2.90. The summed E-state index contributed by atoms with van der Waals surface area (Å²) >= 11 is 0.